The van der Waals surface area contributed by atoms with Gasteiger partial charge in [0, 0.05) is 42.8 Å². The van der Waals surface area contributed by atoms with E-state index >= 15 is 0 Å². The summed E-state index contributed by atoms with van der Waals surface area (Å²) in [6.45, 7) is 16.4. The third-order valence-electron chi connectivity index (χ3n) is 6.58. The van der Waals surface area contributed by atoms with E-state index < -0.39 is 6.09 Å². The zero-order chi connectivity index (χ0) is 25.3. The Labute approximate surface area is 202 Å². The molecule has 2 unspecified atom stereocenters. The molecule has 0 bridgehead atoms. The number of ether oxygens (including phenoxy) is 1. The number of rotatable bonds is 6. The van der Waals surface area contributed by atoms with Crippen LogP contribution < -0.4 is 5.32 Å². The Morgan fingerprint density at radius 1 is 1.21 bits per heavy atom. The van der Waals surface area contributed by atoms with E-state index in [9.17, 15) is 14.7 Å². The van der Waals surface area contributed by atoms with Crippen LogP contribution in [0.1, 0.15) is 70.3 Å². The van der Waals surface area contributed by atoms with Gasteiger partial charge < -0.3 is 20.1 Å². The maximum atomic E-state index is 12.7. The van der Waals surface area contributed by atoms with Crippen LogP contribution in [-0.4, -0.2) is 63.1 Å². The number of amides is 2. The van der Waals surface area contributed by atoms with E-state index in [1.54, 1.807) is 4.90 Å². The van der Waals surface area contributed by atoms with Gasteiger partial charge in [-0.05, 0) is 69.6 Å². The molecule has 2 amide bonds. The van der Waals surface area contributed by atoms with E-state index in [0.717, 1.165) is 35.9 Å². The van der Waals surface area contributed by atoms with E-state index in [1.165, 1.54) is 0 Å². The number of carbonyl (C=O) groups excluding carboxylic acids is 1. The summed E-state index contributed by atoms with van der Waals surface area (Å²) < 4.78 is 7.63. The highest BCUT2D eigenvalue weighted by Gasteiger charge is 2.38. The van der Waals surface area contributed by atoms with Crippen molar-refractivity contribution in [3.8, 4) is 0 Å². The molecule has 1 aromatic heterocycles. The van der Waals surface area contributed by atoms with Crippen molar-refractivity contribution in [3.05, 3.63) is 29.5 Å². The van der Waals surface area contributed by atoms with Crippen molar-refractivity contribution in [2.75, 3.05) is 19.7 Å². The number of fused-ring (bicyclic) bond motifs is 1. The van der Waals surface area contributed by atoms with Crippen LogP contribution in [0.5, 0.6) is 0 Å². The molecule has 8 nitrogen and oxygen atoms in total. The van der Waals surface area contributed by atoms with Gasteiger partial charge in [0.15, 0.2) is 0 Å². The number of likely N-dealkylation sites (tertiary alicyclic amines) is 1. The molecule has 1 aromatic carbocycles. The number of aromatic nitrogens is 2. The lowest BCUT2D eigenvalue weighted by Crippen LogP contribution is -2.52. The molecule has 8 heteroatoms. The van der Waals surface area contributed by atoms with Gasteiger partial charge in [0.25, 0.3) is 5.91 Å². The molecule has 1 fully saturated rings. The lowest BCUT2D eigenvalue weighted by molar-refractivity contribution is -0.000658. The normalized spacial score (nSPS) is 19.4. The minimum absolute atomic E-state index is 0.0203. The van der Waals surface area contributed by atoms with Crippen LogP contribution in [0.3, 0.4) is 0 Å². The number of carbonyl (C=O) groups is 2. The molecule has 1 aliphatic rings. The van der Waals surface area contributed by atoms with Crippen LogP contribution in [-0.2, 0) is 11.3 Å². The fourth-order valence-electron chi connectivity index (χ4n) is 4.76. The van der Waals surface area contributed by atoms with Gasteiger partial charge in [-0.25, -0.2) is 4.79 Å². The van der Waals surface area contributed by atoms with Gasteiger partial charge in [-0.15, -0.1) is 0 Å². The summed E-state index contributed by atoms with van der Waals surface area (Å²) in [6, 6.07) is 3.70. The summed E-state index contributed by atoms with van der Waals surface area (Å²) in [5.74, 6) is 0.235. The molecule has 1 aliphatic heterocycles. The SMILES string of the molecule is Cc1c(C(=O)NCCOC(C)(C)C)ccc2nn(CC3CCN(C(=O)O)C(C(C)(C)C)C3)cc12. The summed E-state index contributed by atoms with van der Waals surface area (Å²) in [7, 11) is 0. The zero-order valence-electron chi connectivity index (χ0n) is 21.6. The molecule has 2 heterocycles. The molecule has 0 aliphatic carbocycles. The Morgan fingerprint density at radius 3 is 2.53 bits per heavy atom. The number of aryl methyl sites for hydroxylation is 1. The third-order valence-corrected chi connectivity index (χ3v) is 6.58. The first-order valence-corrected chi connectivity index (χ1v) is 12.1. The smallest absolute Gasteiger partial charge is 0.407 e. The number of nitrogens with one attached hydrogen (secondary N) is 1. The molecule has 1 saturated heterocycles. The summed E-state index contributed by atoms with van der Waals surface area (Å²) >= 11 is 0. The number of piperidine rings is 1. The van der Waals surface area contributed by atoms with E-state index in [0.29, 0.717) is 31.2 Å². The summed E-state index contributed by atoms with van der Waals surface area (Å²) in [5, 5.41) is 18.3. The molecule has 0 saturated carbocycles. The first kappa shape index (κ1) is 26.0. The second-order valence-corrected chi connectivity index (χ2v) is 11.5. The van der Waals surface area contributed by atoms with Crippen LogP contribution in [0.2, 0.25) is 0 Å². The average Bonchev–Trinajstić information content (AvgIpc) is 3.13. The van der Waals surface area contributed by atoms with Crippen LogP contribution in [0.4, 0.5) is 4.79 Å². The van der Waals surface area contributed by atoms with Crippen LogP contribution in [0.15, 0.2) is 18.3 Å². The monoisotopic (exact) mass is 472 g/mol. The number of hydrogen-bond donors (Lipinski definition) is 2. The Hall–Kier alpha value is -2.61. The average molecular weight is 473 g/mol. The molecular weight excluding hydrogens is 432 g/mol. The minimum Gasteiger partial charge on any atom is -0.465 e. The second kappa shape index (κ2) is 9.94. The number of benzene rings is 1. The largest absolute Gasteiger partial charge is 0.465 e. The minimum atomic E-state index is -0.838. The molecule has 188 valence electrons. The van der Waals surface area contributed by atoms with E-state index in [4.69, 9.17) is 9.84 Å². The van der Waals surface area contributed by atoms with Crippen molar-refractivity contribution in [3.63, 3.8) is 0 Å². The van der Waals surface area contributed by atoms with Crippen molar-refractivity contribution in [1.29, 1.82) is 0 Å². The molecule has 2 aromatic rings. The third kappa shape index (κ3) is 6.29. The van der Waals surface area contributed by atoms with Crippen LogP contribution in [0.25, 0.3) is 10.9 Å². The van der Waals surface area contributed by atoms with Crippen molar-refractivity contribution >= 4 is 22.9 Å². The van der Waals surface area contributed by atoms with E-state index in [2.05, 4.69) is 26.1 Å². The quantitative estimate of drug-likeness (QED) is 0.594. The van der Waals surface area contributed by atoms with Gasteiger partial charge in [0.05, 0.1) is 17.7 Å². The van der Waals surface area contributed by atoms with E-state index in [-0.39, 0.29) is 23.0 Å². The molecule has 3 rings (SSSR count). The fraction of sp³-hybridized carbons (Fsp3) is 0.654. The topological polar surface area (TPSA) is 96.7 Å². The Kier molecular flexibility index (Phi) is 7.60. The summed E-state index contributed by atoms with van der Waals surface area (Å²) in [5.41, 5.74) is 2.06. The highest BCUT2D eigenvalue weighted by Crippen LogP contribution is 2.35. The van der Waals surface area contributed by atoms with Gasteiger partial charge in [-0.2, -0.15) is 5.10 Å². The van der Waals surface area contributed by atoms with Crippen LogP contribution in [0, 0.1) is 18.3 Å². The molecule has 0 spiro atoms. The first-order chi connectivity index (χ1) is 15.8. The van der Waals surface area contributed by atoms with Gasteiger partial charge in [-0.1, -0.05) is 20.8 Å². The van der Waals surface area contributed by atoms with Gasteiger partial charge in [-0.3, -0.25) is 9.48 Å². The van der Waals surface area contributed by atoms with E-state index in [1.807, 2.05) is 50.7 Å². The molecule has 0 radical (unpaired) electrons. The summed E-state index contributed by atoms with van der Waals surface area (Å²) in [4.78, 5) is 26.0. The van der Waals surface area contributed by atoms with Gasteiger partial charge >= 0.3 is 6.09 Å². The maximum absolute atomic E-state index is 12.7. The fourth-order valence-corrected chi connectivity index (χ4v) is 4.76. The zero-order valence-corrected chi connectivity index (χ0v) is 21.6. The van der Waals surface area contributed by atoms with Crippen molar-refractivity contribution in [2.45, 2.75) is 79.5 Å². The Morgan fingerprint density at radius 2 is 1.91 bits per heavy atom. The number of hydrogen-bond acceptors (Lipinski definition) is 4. The number of nitrogens with zero attached hydrogens (tertiary/aromatic N) is 3. The first-order valence-electron chi connectivity index (χ1n) is 12.1. The van der Waals surface area contributed by atoms with Gasteiger partial charge in [0.1, 0.15) is 0 Å². The van der Waals surface area contributed by atoms with Crippen molar-refractivity contribution in [2.24, 2.45) is 11.3 Å². The lowest BCUT2D eigenvalue weighted by Gasteiger charge is -2.44. The van der Waals surface area contributed by atoms with Crippen molar-refractivity contribution < 1.29 is 19.4 Å². The molecule has 2 N–H and O–H groups in total. The lowest BCUT2D eigenvalue weighted by atomic mass is 9.77. The van der Waals surface area contributed by atoms with Gasteiger partial charge in [0.2, 0.25) is 0 Å². The highest BCUT2D eigenvalue weighted by atomic mass is 16.5. The molecule has 2 atom stereocenters. The predicted molar refractivity (Wildman–Crippen MR) is 133 cm³/mol. The maximum Gasteiger partial charge on any atom is 0.407 e. The highest BCUT2D eigenvalue weighted by molar-refractivity contribution is 6.00. The number of carboxylic acid groups (broad SMARTS) is 1. The Bertz CT molecular complexity index is 1030. The van der Waals surface area contributed by atoms with Crippen molar-refractivity contribution in [1.82, 2.24) is 20.0 Å². The molecule has 34 heavy (non-hydrogen) atoms. The van der Waals surface area contributed by atoms with Crippen LogP contribution >= 0.6 is 0 Å². The second-order valence-electron chi connectivity index (χ2n) is 11.5. The molecular formula is C26H40N4O4. The predicted octanol–water partition coefficient (Wildman–Crippen LogP) is 4.69. The summed E-state index contributed by atoms with van der Waals surface area (Å²) in [6.07, 6.45) is 2.81. The standard InChI is InChI=1S/C26H40N4O4/c1-17-19(23(31)27-11-13-34-26(5,6)7)8-9-21-20(17)16-29(28-21)15-18-10-12-30(24(32)33)22(14-18)25(2,3)4/h8-9,16,18,22H,10-15H2,1-7H3,(H,27,31)(H,32,33). The Balaban J connectivity index is 1.69.